The molecular formula is C19H16Cl3N3O2S. The second-order valence-electron chi connectivity index (χ2n) is 6.68. The third-order valence-corrected chi connectivity index (χ3v) is 7.21. The molecule has 0 saturated carbocycles. The van der Waals surface area contributed by atoms with Crippen molar-refractivity contribution in [3.63, 3.8) is 0 Å². The number of H-pyrrole nitrogens is 1. The first-order valence-corrected chi connectivity index (χ1v) is 10.7. The predicted octanol–water partition coefficient (Wildman–Crippen LogP) is 4.63. The third-order valence-electron chi connectivity index (χ3n) is 5.05. The molecule has 1 aliphatic carbocycles. The number of nitrogens with one attached hydrogen (secondary N) is 2. The molecule has 0 saturated heterocycles. The molecule has 3 aromatic rings. The van der Waals surface area contributed by atoms with Gasteiger partial charge >= 0.3 is 0 Å². The number of hydrogen-bond acceptors (Lipinski definition) is 3. The van der Waals surface area contributed by atoms with Crippen molar-refractivity contribution in [3.05, 3.63) is 56.5 Å². The van der Waals surface area contributed by atoms with Gasteiger partial charge in [0.2, 0.25) is 5.91 Å². The zero-order valence-corrected chi connectivity index (χ0v) is 17.8. The second kappa shape index (κ2) is 7.59. The fourth-order valence-electron chi connectivity index (χ4n) is 3.72. The average Bonchev–Trinajstić information content (AvgIpc) is 3.33. The summed E-state index contributed by atoms with van der Waals surface area (Å²) in [4.78, 5) is 29.7. The summed E-state index contributed by atoms with van der Waals surface area (Å²) >= 11 is 19.3. The van der Waals surface area contributed by atoms with Gasteiger partial charge in [0, 0.05) is 7.05 Å². The van der Waals surface area contributed by atoms with E-state index in [4.69, 9.17) is 34.8 Å². The molecule has 2 aromatic heterocycles. The summed E-state index contributed by atoms with van der Waals surface area (Å²) < 4.78 is 1.31. The Hall–Kier alpha value is -1.73. The van der Waals surface area contributed by atoms with Crippen molar-refractivity contribution in [3.8, 4) is 0 Å². The number of fused-ring (bicyclic) bond motifs is 2. The first-order valence-electron chi connectivity index (χ1n) is 8.57. The van der Waals surface area contributed by atoms with Gasteiger partial charge in [0.25, 0.3) is 5.91 Å². The zero-order chi connectivity index (χ0) is 20.0. The summed E-state index contributed by atoms with van der Waals surface area (Å²) in [6, 6.07) is 9.07. The maximum Gasteiger partial charge on any atom is 0.268 e. The van der Waals surface area contributed by atoms with E-state index in [0.29, 0.717) is 27.0 Å². The summed E-state index contributed by atoms with van der Waals surface area (Å²) in [5.74, 6) is -0.559. The van der Waals surface area contributed by atoms with Gasteiger partial charge in [-0.15, -0.1) is 22.9 Å². The van der Waals surface area contributed by atoms with Crippen molar-refractivity contribution in [1.82, 2.24) is 15.2 Å². The smallest absolute Gasteiger partial charge is 0.268 e. The van der Waals surface area contributed by atoms with Crippen molar-refractivity contribution in [1.29, 1.82) is 0 Å². The minimum atomic E-state index is -0.277. The average molecular weight is 457 g/mol. The number of hydrogen-bond donors (Lipinski definition) is 2. The van der Waals surface area contributed by atoms with Crippen LogP contribution in [-0.2, 0) is 11.2 Å². The van der Waals surface area contributed by atoms with E-state index in [1.165, 1.54) is 11.3 Å². The fraction of sp³-hybridized carbons (Fsp3) is 0.263. The SMILES string of the molecule is CN(C(=O)CCl)[C@H]1c2ccccc2C[C@H]1NC(=O)c1cc2sc(Cl)c(Cl)c2[nH]1. The Morgan fingerprint density at radius 3 is 2.79 bits per heavy atom. The molecule has 0 spiro atoms. The van der Waals surface area contributed by atoms with Gasteiger partial charge in [-0.3, -0.25) is 9.59 Å². The maximum atomic E-state index is 12.9. The molecule has 0 aliphatic heterocycles. The first kappa shape index (κ1) is 19.6. The number of carbonyl (C=O) groups excluding carboxylic acids is 2. The highest BCUT2D eigenvalue weighted by Gasteiger charge is 2.38. The molecule has 0 fully saturated rings. The van der Waals surface area contributed by atoms with E-state index in [2.05, 4.69) is 10.3 Å². The second-order valence-corrected chi connectivity index (χ2v) is 8.98. The van der Waals surface area contributed by atoms with Crippen molar-refractivity contribution >= 4 is 68.2 Å². The lowest BCUT2D eigenvalue weighted by Crippen LogP contribution is -2.45. The standard InChI is InChI=1S/C19H16Cl3N3O2S/c1-25(14(26)8-20)17-10-5-3-2-4-9(10)6-11(17)24-19(27)12-7-13-16(23-12)15(21)18(22)28-13/h2-5,7,11,17,23H,6,8H2,1H3,(H,24,27)/t11-,17+/m1/s1. The molecule has 2 amide bonds. The van der Waals surface area contributed by atoms with Crippen LogP contribution in [0, 0.1) is 0 Å². The number of nitrogens with zero attached hydrogens (tertiary/aromatic N) is 1. The van der Waals surface area contributed by atoms with E-state index in [9.17, 15) is 9.59 Å². The lowest BCUT2D eigenvalue weighted by Gasteiger charge is -2.30. The normalized spacial score (nSPS) is 18.3. The minimum Gasteiger partial charge on any atom is -0.349 e. The number of likely N-dealkylation sites (N-methyl/N-ethyl adjacent to an activating group) is 1. The van der Waals surface area contributed by atoms with Gasteiger partial charge in [-0.2, -0.15) is 0 Å². The molecule has 146 valence electrons. The molecule has 9 heteroatoms. The summed E-state index contributed by atoms with van der Waals surface area (Å²) in [7, 11) is 1.71. The monoisotopic (exact) mass is 455 g/mol. The highest BCUT2D eigenvalue weighted by Crippen LogP contribution is 2.39. The molecule has 2 N–H and O–H groups in total. The topological polar surface area (TPSA) is 65.2 Å². The first-order chi connectivity index (χ1) is 13.4. The Morgan fingerprint density at radius 2 is 2.07 bits per heavy atom. The van der Waals surface area contributed by atoms with Crippen LogP contribution < -0.4 is 5.32 Å². The van der Waals surface area contributed by atoms with Gasteiger partial charge in [-0.25, -0.2) is 0 Å². The number of thiophene rings is 1. The van der Waals surface area contributed by atoms with Gasteiger partial charge in [0.05, 0.1) is 27.3 Å². The van der Waals surface area contributed by atoms with Gasteiger partial charge in [0.15, 0.2) is 0 Å². The van der Waals surface area contributed by atoms with Crippen LogP contribution in [0.4, 0.5) is 0 Å². The van der Waals surface area contributed by atoms with Crippen molar-refractivity contribution in [2.24, 2.45) is 0 Å². The lowest BCUT2D eigenvalue weighted by atomic mass is 10.1. The van der Waals surface area contributed by atoms with Crippen LogP contribution >= 0.6 is 46.1 Å². The molecule has 1 aromatic carbocycles. The zero-order valence-electron chi connectivity index (χ0n) is 14.8. The molecule has 0 unspecified atom stereocenters. The number of rotatable bonds is 4. The lowest BCUT2D eigenvalue weighted by molar-refractivity contribution is -0.129. The molecule has 2 heterocycles. The van der Waals surface area contributed by atoms with Crippen molar-refractivity contribution in [2.45, 2.75) is 18.5 Å². The van der Waals surface area contributed by atoms with E-state index < -0.39 is 0 Å². The van der Waals surface area contributed by atoms with Crippen LogP contribution in [0.5, 0.6) is 0 Å². The predicted molar refractivity (Wildman–Crippen MR) is 114 cm³/mol. The fourth-order valence-corrected chi connectivity index (χ4v) is 5.39. The summed E-state index contributed by atoms with van der Waals surface area (Å²) in [6.45, 7) is 0. The highest BCUT2D eigenvalue weighted by atomic mass is 35.5. The maximum absolute atomic E-state index is 12.9. The summed E-state index contributed by atoms with van der Waals surface area (Å²) in [6.07, 6.45) is 0.633. The number of amides is 2. The molecule has 4 rings (SSSR count). The molecule has 0 bridgehead atoms. The molecule has 2 atom stereocenters. The van der Waals surface area contributed by atoms with Gasteiger partial charge in [0.1, 0.15) is 15.9 Å². The van der Waals surface area contributed by atoms with Gasteiger partial charge < -0.3 is 15.2 Å². The van der Waals surface area contributed by atoms with Crippen LogP contribution in [0.2, 0.25) is 9.36 Å². The Morgan fingerprint density at radius 1 is 1.32 bits per heavy atom. The van der Waals surface area contributed by atoms with Crippen LogP contribution in [0.3, 0.4) is 0 Å². The summed E-state index contributed by atoms with van der Waals surface area (Å²) in [5.41, 5.74) is 3.19. The van der Waals surface area contributed by atoms with E-state index in [1.54, 1.807) is 18.0 Å². The Labute approximate surface area is 180 Å². The number of benzene rings is 1. The molecular weight excluding hydrogens is 441 g/mol. The van der Waals surface area contributed by atoms with Crippen LogP contribution in [-0.4, -0.2) is 40.7 Å². The van der Waals surface area contributed by atoms with E-state index >= 15 is 0 Å². The number of carbonyl (C=O) groups is 2. The minimum absolute atomic E-state index is 0.109. The Balaban J connectivity index is 1.61. The molecule has 28 heavy (non-hydrogen) atoms. The quantitative estimate of drug-likeness (QED) is 0.562. The number of alkyl halides is 1. The summed E-state index contributed by atoms with van der Waals surface area (Å²) in [5, 5.41) is 3.47. The van der Waals surface area contributed by atoms with Crippen LogP contribution in [0.25, 0.3) is 10.2 Å². The largest absolute Gasteiger partial charge is 0.349 e. The van der Waals surface area contributed by atoms with Crippen LogP contribution in [0.1, 0.15) is 27.7 Å². The molecule has 0 radical (unpaired) electrons. The molecule has 1 aliphatic rings. The number of halogens is 3. The Kier molecular flexibility index (Phi) is 5.31. The van der Waals surface area contributed by atoms with Gasteiger partial charge in [-0.05, 0) is 23.6 Å². The Bertz CT molecular complexity index is 1080. The highest BCUT2D eigenvalue weighted by molar-refractivity contribution is 7.23. The number of aromatic amines is 1. The van der Waals surface area contributed by atoms with E-state index in [0.717, 1.165) is 15.8 Å². The van der Waals surface area contributed by atoms with Gasteiger partial charge in [-0.1, -0.05) is 47.5 Å². The number of aromatic nitrogens is 1. The third kappa shape index (κ3) is 3.28. The van der Waals surface area contributed by atoms with Crippen LogP contribution in [0.15, 0.2) is 30.3 Å². The molecule has 5 nitrogen and oxygen atoms in total. The van der Waals surface area contributed by atoms with Crippen molar-refractivity contribution in [2.75, 3.05) is 12.9 Å². The van der Waals surface area contributed by atoms with Crippen molar-refractivity contribution < 1.29 is 9.59 Å². The van der Waals surface area contributed by atoms with E-state index in [1.807, 2.05) is 24.3 Å². The van der Waals surface area contributed by atoms with E-state index in [-0.39, 0.29) is 29.8 Å².